The van der Waals surface area contributed by atoms with Crippen LogP contribution >= 0.6 is 0 Å². The molecule has 3 nitrogen and oxygen atoms in total. The molecule has 0 aliphatic carbocycles. The first-order valence-electron chi connectivity index (χ1n) is 7.71. The number of aliphatic carboxylic acids is 1. The molecule has 0 aliphatic rings. The second-order valence-corrected chi connectivity index (χ2v) is 5.19. The average molecular weight is 270 g/mol. The van der Waals surface area contributed by atoms with Gasteiger partial charge in [-0.1, -0.05) is 44.8 Å². The Bertz CT molecular complexity index is 236. The van der Waals surface area contributed by atoms with Crippen LogP contribution in [0.3, 0.4) is 0 Å². The summed E-state index contributed by atoms with van der Waals surface area (Å²) in [7, 11) is 0. The Balaban J connectivity index is 3.24. The van der Waals surface area contributed by atoms with E-state index in [-0.39, 0.29) is 12.5 Å². The van der Waals surface area contributed by atoms with E-state index in [1.54, 1.807) is 0 Å². The zero-order chi connectivity index (χ0) is 14.3. The molecule has 0 fully saturated rings. The zero-order valence-corrected chi connectivity index (χ0v) is 12.3. The fourth-order valence-electron chi connectivity index (χ4n) is 2.02. The number of carboxylic acids is 1. The molecule has 0 aliphatic heterocycles. The van der Waals surface area contributed by atoms with Crippen molar-refractivity contribution in [2.45, 2.75) is 83.7 Å². The standard InChI is InChI=1S/C16H30O3/c1-2-3-4-5-6-7-8-9-12-15(17)13-10-11-14-16(18)19/h4-5,15,17H,2-3,6-14H2,1H3,(H,18,19)/b5-4-. The maximum Gasteiger partial charge on any atom is 0.303 e. The third-order valence-corrected chi connectivity index (χ3v) is 3.21. The molecule has 0 saturated heterocycles. The highest BCUT2D eigenvalue weighted by atomic mass is 16.4. The molecule has 1 atom stereocenters. The molecule has 0 bridgehead atoms. The largest absolute Gasteiger partial charge is 0.481 e. The van der Waals surface area contributed by atoms with Crippen molar-refractivity contribution >= 4 is 5.97 Å². The van der Waals surface area contributed by atoms with Gasteiger partial charge in [0.1, 0.15) is 0 Å². The summed E-state index contributed by atoms with van der Waals surface area (Å²) in [6.07, 6.45) is 14.5. The van der Waals surface area contributed by atoms with Gasteiger partial charge in [-0.2, -0.15) is 0 Å². The molecule has 112 valence electrons. The van der Waals surface area contributed by atoms with Crippen LogP contribution in [-0.4, -0.2) is 22.3 Å². The molecular formula is C16H30O3. The van der Waals surface area contributed by atoms with E-state index in [1.807, 2.05) is 0 Å². The third kappa shape index (κ3) is 15.1. The van der Waals surface area contributed by atoms with Gasteiger partial charge in [-0.25, -0.2) is 0 Å². The zero-order valence-electron chi connectivity index (χ0n) is 12.3. The molecule has 0 heterocycles. The van der Waals surface area contributed by atoms with Gasteiger partial charge in [-0.3, -0.25) is 4.79 Å². The number of aliphatic hydroxyl groups excluding tert-OH is 1. The van der Waals surface area contributed by atoms with Crippen LogP contribution in [0, 0.1) is 0 Å². The normalized spacial score (nSPS) is 12.9. The smallest absolute Gasteiger partial charge is 0.303 e. The molecule has 0 saturated carbocycles. The van der Waals surface area contributed by atoms with E-state index < -0.39 is 5.97 Å². The average Bonchev–Trinajstić information content (AvgIpc) is 2.37. The van der Waals surface area contributed by atoms with Gasteiger partial charge in [0, 0.05) is 6.42 Å². The summed E-state index contributed by atoms with van der Waals surface area (Å²) in [4.78, 5) is 10.3. The van der Waals surface area contributed by atoms with Crippen molar-refractivity contribution in [3.8, 4) is 0 Å². The Morgan fingerprint density at radius 3 is 2.26 bits per heavy atom. The predicted octanol–water partition coefficient (Wildman–Crippen LogP) is 4.30. The summed E-state index contributed by atoms with van der Waals surface area (Å²) >= 11 is 0. The van der Waals surface area contributed by atoms with Crippen LogP contribution in [0.15, 0.2) is 12.2 Å². The van der Waals surface area contributed by atoms with Gasteiger partial charge in [-0.15, -0.1) is 0 Å². The number of allylic oxidation sites excluding steroid dienone is 2. The van der Waals surface area contributed by atoms with Crippen LogP contribution in [-0.2, 0) is 4.79 Å². The van der Waals surface area contributed by atoms with E-state index in [9.17, 15) is 9.90 Å². The van der Waals surface area contributed by atoms with E-state index in [0.717, 1.165) is 32.1 Å². The monoisotopic (exact) mass is 270 g/mol. The lowest BCUT2D eigenvalue weighted by atomic mass is 10.0. The summed E-state index contributed by atoms with van der Waals surface area (Å²) in [6.45, 7) is 2.18. The minimum absolute atomic E-state index is 0.219. The van der Waals surface area contributed by atoms with Crippen molar-refractivity contribution in [3.63, 3.8) is 0 Å². The van der Waals surface area contributed by atoms with Gasteiger partial charge < -0.3 is 10.2 Å². The van der Waals surface area contributed by atoms with Crippen LogP contribution in [0.1, 0.15) is 77.6 Å². The quantitative estimate of drug-likeness (QED) is 0.387. The van der Waals surface area contributed by atoms with E-state index in [2.05, 4.69) is 19.1 Å². The summed E-state index contributed by atoms with van der Waals surface area (Å²) in [5.41, 5.74) is 0. The predicted molar refractivity (Wildman–Crippen MR) is 79.2 cm³/mol. The highest BCUT2D eigenvalue weighted by molar-refractivity contribution is 5.66. The van der Waals surface area contributed by atoms with Crippen LogP contribution in [0.2, 0.25) is 0 Å². The number of carboxylic acid groups (broad SMARTS) is 1. The van der Waals surface area contributed by atoms with Gasteiger partial charge >= 0.3 is 5.97 Å². The lowest BCUT2D eigenvalue weighted by Crippen LogP contribution is -2.06. The van der Waals surface area contributed by atoms with Gasteiger partial charge in [-0.05, 0) is 38.5 Å². The third-order valence-electron chi connectivity index (χ3n) is 3.21. The fraction of sp³-hybridized carbons (Fsp3) is 0.812. The maximum atomic E-state index is 10.3. The molecule has 2 N–H and O–H groups in total. The Kier molecular flexibility index (Phi) is 13.0. The first-order chi connectivity index (χ1) is 9.16. The van der Waals surface area contributed by atoms with E-state index >= 15 is 0 Å². The van der Waals surface area contributed by atoms with Crippen molar-refractivity contribution in [2.75, 3.05) is 0 Å². The summed E-state index contributed by atoms with van der Waals surface area (Å²) in [5.74, 6) is -0.745. The van der Waals surface area contributed by atoms with E-state index in [1.165, 1.54) is 25.7 Å². The molecule has 1 unspecified atom stereocenters. The number of carbonyl (C=O) groups is 1. The Morgan fingerprint density at radius 2 is 1.63 bits per heavy atom. The van der Waals surface area contributed by atoms with Crippen LogP contribution in [0.5, 0.6) is 0 Å². The van der Waals surface area contributed by atoms with Gasteiger partial charge in [0.25, 0.3) is 0 Å². The Morgan fingerprint density at radius 1 is 1.00 bits per heavy atom. The number of aliphatic hydroxyl groups is 1. The van der Waals surface area contributed by atoms with Gasteiger partial charge in [0.15, 0.2) is 0 Å². The van der Waals surface area contributed by atoms with Crippen molar-refractivity contribution in [2.24, 2.45) is 0 Å². The van der Waals surface area contributed by atoms with Crippen LogP contribution in [0.4, 0.5) is 0 Å². The molecule has 0 aromatic carbocycles. The van der Waals surface area contributed by atoms with E-state index in [4.69, 9.17) is 5.11 Å². The molecule has 0 aromatic rings. The number of rotatable bonds is 13. The first-order valence-corrected chi connectivity index (χ1v) is 7.71. The lowest BCUT2D eigenvalue weighted by Gasteiger charge is -2.09. The van der Waals surface area contributed by atoms with Crippen molar-refractivity contribution in [1.29, 1.82) is 0 Å². The molecule has 0 aromatic heterocycles. The number of unbranched alkanes of at least 4 members (excludes halogenated alkanes) is 5. The van der Waals surface area contributed by atoms with Crippen molar-refractivity contribution in [3.05, 3.63) is 12.2 Å². The number of hydrogen-bond donors (Lipinski definition) is 2. The highest BCUT2D eigenvalue weighted by Crippen LogP contribution is 2.11. The minimum atomic E-state index is -0.745. The van der Waals surface area contributed by atoms with Crippen LogP contribution < -0.4 is 0 Å². The molecule has 19 heavy (non-hydrogen) atoms. The molecular weight excluding hydrogens is 240 g/mol. The second kappa shape index (κ2) is 13.6. The topological polar surface area (TPSA) is 57.5 Å². The molecule has 0 spiro atoms. The lowest BCUT2D eigenvalue weighted by molar-refractivity contribution is -0.137. The molecule has 0 radical (unpaired) electrons. The fourth-order valence-corrected chi connectivity index (χ4v) is 2.02. The first kappa shape index (κ1) is 18.2. The molecule has 0 rings (SSSR count). The second-order valence-electron chi connectivity index (χ2n) is 5.19. The van der Waals surface area contributed by atoms with Crippen LogP contribution in [0.25, 0.3) is 0 Å². The summed E-state index contributed by atoms with van der Waals surface area (Å²) < 4.78 is 0. The van der Waals surface area contributed by atoms with E-state index in [0.29, 0.717) is 6.42 Å². The highest BCUT2D eigenvalue weighted by Gasteiger charge is 2.04. The SMILES string of the molecule is CCC/C=C\CCCCCC(O)CCCCC(=O)O. The summed E-state index contributed by atoms with van der Waals surface area (Å²) in [5, 5.41) is 18.2. The Hall–Kier alpha value is -0.830. The minimum Gasteiger partial charge on any atom is -0.481 e. The van der Waals surface area contributed by atoms with Crippen molar-refractivity contribution < 1.29 is 15.0 Å². The Labute approximate surface area is 117 Å². The van der Waals surface area contributed by atoms with Crippen molar-refractivity contribution in [1.82, 2.24) is 0 Å². The van der Waals surface area contributed by atoms with Gasteiger partial charge in [0.05, 0.1) is 6.10 Å². The molecule has 3 heteroatoms. The number of hydrogen-bond acceptors (Lipinski definition) is 2. The summed E-state index contributed by atoms with van der Waals surface area (Å²) in [6, 6.07) is 0. The maximum absolute atomic E-state index is 10.3. The molecule has 0 amide bonds. The van der Waals surface area contributed by atoms with Gasteiger partial charge in [0.2, 0.25) is 0 Å².